The van der Waals surface area contributed by atoms with E-state index in [4.69, 9.17) is 9.84 Å². The van der Waals surface area contributed by atoms with Crippen molar-refractivity contribution in [3.63, 3.8) is 0 Å². The van der Waals surface area contributed by atoms with Gasteiger partial charge in [-0.1, -0.05) is 18.6 Å². The highest BCUT2D eigenvalue weighted by Crippen LogP contribution is 2.33. The second-order valence-corrected chi connectivity index (χ2v) is 7.83. The van der Waals surface area contributed by atoms with E-state index in [-0.39, 0.29) is 6.61 Å². The molecule has 0 spiro atoms. The lowest BCUT2D eigenvalue weighted by Crippen LogP contribution is -2.48. The van der Waals surface area contributed by atoms with Gasteiger partial charge in [-0.05, 0) is 63.2 Å². The summed E-state index contributed by atoms with van der Waals surface area (Å²) in [5, 5.41) is 8.96. The molecule has 0 aliphatic carbocycles. The van der Waals surface area contributed by atoms with Crippen LogP contribution in [0, 0.1) is 5.92 Å². The van der Waals surface area contributed by atoms with Gasteiger partial charge in [-0.3, -0.25) is 0 Å². The van der Waals surface area contributed by atoms with E-state index in [9.17, 15) is 0 Å². The monoisotopic (exact) mass is 369 g/mol. The highest BCUT2D eigenvalue weighted by molar-refractivity contribution is 5.58. The number of piperidine rings is 2. The second-order valence-electron chi connectivity index (χ2n) is 7.83. The number of imidazole rings is 1. The van der Waals surface area contributed by atoms with Gasteiger partial charge in [0.25, 0.3) is 0 Å². The number of benzene rings is 1. The summed E-state index contributed by atoms with van der Waals surface area (Å²) in [5.41, 5.74) is 1.07. The van der Waals surface area contributed by atoms with Crippen molar-refractivity contribution in [3.05, 3.63) is 36.7 Å². The van der Waals surface area contributed by atoms with Crippen molar-refractivity contribution in [1.29, 1.82) is 0 Å². The fourth-order valence-electron chi connectivity index (χ4n) is 4.86. The van der Waals surface area contributed by atoms with E-state index >= 15 is 0 Å². The second kappa shape index (κ2) is 8.89. The molecule has 0 radical (unpaired) electrons. The van der Waals surface area contributed by atoms with Gasteiger partial charge in [0.15, 0.2) is 0 Å². The quantitative estimate of drug-likeness (QED) is 0.811. The van der Waals surface area contributed by atoms with Crippen molar-refractivity contribution in [2.24, 2.45) is 5.92 Å². The van der Waals surface area contributed by atoms with Crippen LogP contribution in [0.1, 0.15) is 38.5 Å². The van der Waals surface area contributed by atoms with Gasteiger partial charge in [-0.25, -0.2) is 4.98 Å². The third-order valence-electron chi connectivity index (χ3n) is 6.14. The molecule has 2 fully saturated rings. The topological polar surface area (TPSA) is 50.5 Å². The molecule has 3 heterocycles. The number of ether oxygens (including phenoxy) is 1. The first-order valence-electron chi connectivity index (χ1n) is 10.4. The molecular formula is C22H31N3O2. The lowest BCUT2D eigenvalue weighted by molar-refractivity contribution is 0.0539. The number of aryl methyl sites for hydroxylation is 1. The summed E-state index contributed by atoms with van der Waals surface area (Å²) in [6.07, 6.45) is 12.1. The number of hydrogen-bond acceptors (Lipinski definition) is 4. The average Bonchev–Trinajstić information content (AvgIpc) is 3.19. The normalized spacial score (nSPS) is 23.1. The van der Waals surface area contributed by atoms with Crippen LogP contribution < -0.4 is 4.74 Å². The fourth-order valence-corrected chi connectivity index (χ4v) is 4.86. The van der Waals surface area contributed by atoms with E-state index in [2.05, 4.69) is 26.7 Å². The molecule has 5 nitrogen and oxygen atoms in total. The number of rotatable bonds is 7. The number of fused-ring (bicyclic) bond motifs is 1. The van der Waals surface area contributed by atoms with E-state index in [1.54, 1.807) is 0 Å². The molecule has 1 N–H and O–H groups in total. The number of nitrogens with zero attached hydrogens (tertiary/aromatic N) is 3. The molecule has 2 atom stereocenters. The van der Waals surface area contributed by atoms with E-state index in [0.29, 0.717) is 6.61 Å². The van der Waals surface area contributed by atoms with Crippen LogP contribution in [0.25, 0.3) is 11.4 Å². The summed E-state index contributed by atoms with van der Waals surface area (Å²) in [6.45, 7) is 3.97. The first-order valence-corrected chi connectivity index (χ1v) is 10.4. The maximum absolute atomic E-state index is 8.96. The van der Waals surface area contributed by atoms with Gasteiger partial charge in [-0.2, -0.15) is 0 Å². The Kier molecular flexibility index (Phi) is 6.10. The first kappa shape index (κ1) is 18.5. The lowest BCUT2D eigenvalue weighted by atomic mass is 9.81. The van der Waals surface area contributed by atoms with Gasteiger partial charge in [0, 0.05) is 30.5 Å². The molecule has 1 aromatic heterocycles. The fraction of sp³-hybridized carbons (Fsp3) is 0.591. The van der Waals surface area contributed by atoms with Gasteiger partial charge in [0.1, 0.15) is 18.2 Å². The maximum atomic E-state index is 8.96. The maximum Gasteiger partial charge on any atom is 0.140 e. The Morgan fingerprint density at radius 3 is 3.00 bits per heavy atom. The van der Waals surface area contributed by atoms with Crippen molar-refractivity contribution in [2.45, 2.75) is 51.1 Å². The molecule has 5 heteroatoms. The molecule has 0 bridgehead atoms. The van der Waals surface area contributed by atoms with Crippen molar-refractivity contribution < 1.29 is 9.84 Å². The molecule has 2 aliphatic rings. The van der Waals surface area contributed by atoms with E-state index in [1.165, 1.54) is 51.6 Å². The molecule has 2 aliphatic heterocycles. The largest absolute Gasteiger partial charge is 0.491 e. The van der Waals surface area contributed by atoms with Gasteiger partial charge in [0.2, 0.25) is 0 Å². The number of aliphatic hydroxyl groups is 1. The van der Waals surface area contributed by atoms with Crippen molar-refractivity contribution in [3.8, 4) is 17.1 Å². The molecule has 0 amide bonds. The predicted molar refractivity (Wildman–Crippen MR) is 107 cm³/mol. The minimum absolute atomic E-state index is 0.0262. The van der Waals surface area contributed by atoms with Crippen LogP contribution in [-0.4, -0.2) is 51.9 Å². The third kappa shape index (κ3) is 4.36. The highest BCUT2D eigenvalue weighted by Gasteiger charge is 2.32. The van der Waals surface area contributed by atoms with Crippen LogP contribution in [0.5, 0.6) is 5.75 Å². The van der Waals surface area contributed by atoms with E-state index < -0.39 is 0 Å². The predicted octanol–water partition coefficient (Wildman–Crippen LogP) is 3.58. The number of aliphatic hydroxyl groups excluding tert-OH is 1. The molecule has 2 saturated heterocycles. The summed E-state index contributed by atoms with van der Waals surface area (Å²) in [5.74, 6) is 2.59. The highest BCUT2D eigenvalue weighted by atomic mass is 16.5. The zero-order chi connectivity index (χ0) is 18.5. The molecule has 27 heavy (non-hydrogen) atoms. The molecular weight excluding hydrogens is 338 g/mol. The Hall–Kier alpha value is -1.85. The van der Waals surface area contributed by atoms with Crippen molar-refractivity contribution >= 4 is 0 Å². The lowest BCUT2D eigenvalue weighted by Gasteiger charge is -2.44. The third-order valence-corrected chi connectivity index (χ3v) is 6.14. The van der Waals surface area contributed by atoms with Crippen molar-refractivity contribution in [2.75, 3.05) is 26.3 Å². The first-order chi connectivity index (χ1) is 13.3. The smallest absolute Gasteiger partial charge is 0.140 e. The van der Waals surface area contributed by atoms with Crippen LogP contribution in [0.4, 0.5) is 0 Å². The van der Waals surface area contributed by atoms with E-state index in [1.807, 2.05) is 24.4 Å². The average molecular weight is 370 g/mol. The number of hydrogen-bond donors (Lipinski definition) is 1. The summed E-state index contributed by atoms with van der Waals surface area (Å²) in [6, 6.07) is 8.80. The van der Waals surface area contributed by atoms with Crippen LogP contribution in [-0.2, 0) is 6.54 Å². The van der Waals surface area contributed by atoms with Crippen LogP contribution in [0.3, 0.4) is 0 Å². The van der Waals surface area contributed by atoms with Crippen LogP contribution in [0.15, 0.2) is 36.7 Å². The molecule has 4 rings (SSSR count). The van der Waals surface area contributed by atoms with Gasteiger partial charge < -0.3 is 19.3 Å². The summed E-state index contributed by atoms with van der Waals surface area (Å²) < 4.78 is 7.84. The zero-order valence-electron chi connectivity index (χ0n) is 16.1. The molecule has 146 valence electrons. The van der Waals surface area contributed by atoms with Gasteiger partial charge >= 0.3 is 0 Å². The zero-order valence-corrected chi connectivity index (χ0v) is 16.1. The Morgan fingerprint density at radius 2 is 2.07 bits per heavy atom. The van der Waals surface area contributed by atoms with Gasteiger partial charge in [0.05, 0.1) is 6.61 Å². The minimum atomic E-state index is 0.0262. The van der Waals surface area contributed by atoms with Crippen LogP contribution in [0.2, 0.25) is 0 Å². The summed E-state index contributed by atoms with van der Waals surface area (Å²) in [7, 11) is 0. The number of aromatic nitrogens is 2. The molecule has 0 saturated carbocycles. The minimum Gasteiger partial charge on any atom is -0.491 e. The Bertz CT molecular complexity index is 728. The Balaban J connectivity index is 1.43. The molecule has 1 aromatic carbocycles. The summed E-state index contributed by atoms with van der Waals surface area (Å²) >= 11 is 0. The Labute approximate surface area is 162 Å². The molecule has 0 unspecified atom stereocenters. The van der Waals surface area contributed by atoms with Crippen molar-refractivity contribution in [1.82, 2.24) is 14.5 Å². The Morgan fingerprint density at radius 1 is 1.15 bits per heavy atom. The summed E-state index contributed by atoms with van der Waals surface area (Å²) in [4.78, 5) is 7.35. The molecule has 2 aromatic rings. The van der Waals surface area contributed by atoms with Gasteiger partial charge in [-0.15, -0.1) is 0 Å². The van der Waals surface area contributed by atoms with E-state index in [0.717, 1.165) is 35.6 Å². The van der Waals surface area contributed by atoms with Crippen LogP contribution >= 0.6 is 0 Å². The standard InChI is InChI=1S/C22H31N3O2/c26-15-16-27-20-7-3-5-19(17-20)22-23-10-14-25(22)13-9-18-6-4-12-24-11-2-1-8-21(18)24/h3,5,7,10,14,17-18,21,26H,1-2,4,6,8-9,11-13,15-16H2/t18-,21+/m0/s1. The SMILES string of the molecule is OCCOc1cccc(-c2nccn2CC[C@@H]2CCCN3CCCC[C@H]23)c1.